The van der Waals surface area contributed by atoms with E-state index in [1.165, 1.54) is 0 Å². The van der Waals surface area contributed by atoms with Gasteiger partial charge in [-0.3, -0.25) is 14.6 Å². The summed E-state index contributed by atoms with van der Waals surface area (Å²) >= 11 is 0. The standard InChI is InChI=1S/C18H22N4O2/c1-12(2)17(19)18(24)21-11-16(23)22-14-8-9-20-15(10-14)13-6-4-3-5-7-13/h3-10,12,17H,11,19H2,1-2H3,(H,21,24)(H,20,22,23)/t17-/m0/s1. The molecular formula is C18H22N4O2. The molecule has 2 amide bonds. The molecule has 0 aliphatic rings. The van der Waals surface area contributed by atoms with Gasteiger partial charge in [0, 0.05) is 17.4 Å². The van der Waals surface area contributed by atoms with Gasteiger partial charge in [0.05, 0.1) is 18.3 Å². The molecule has 1 aromatic heterocycles. The van der Waals surface area contributed by atoms with Crippen molar-refractivity contribution in [2.24, 2.45) is 11.7 Å². The van der Waals surface area contributed by atoms with E-state index in [1.807, 2.05) is 44.2 Å². The highest BCUT2D eigenvalue weighted by Crippen LogP contribution is 2.19. The zero-order valence-corrected chi connectivity index (χ0v) is 13.8. The Bertz CT molecular complexity index is 701. The second-order valence-electron chi connectivity index (χ2n) is 5.83. The molecule has 0 spiro atoms. The Morgan fingerprint density at radius 2 is 1.88 bits per heavy atom. The predicted molar refractivity (Wildman–Crippen MR) is 94.1 cm³/mol. The number of aromatic nitrogens is 1. The molecule has 4 N–H and O–H groups in total. The number of anilines is 1. The number of nitrogens with two attached hydrogens (primary N) is 1. The van der Waals surface area contributed by atoms with E-state index >= 15 is 0 Å². The third-order valence-electron chi connectivity index (χ3n) is 3.56. The normalized spacial score (nSPS) is 11.8. The average molecular weight is 326 g/mol. The van der Waals surface area contributed by atoms with Gasteiger partial charge >= 0.3 is 0 Å². The van der Waals surface area contributed by atoms with Gasteiger partial charge in [-0.2, -0.15) is 0 Å². The van der Waals surface area contributed by atoms with Gasteiger partial charge in [0.15, 0.2) is 0 Å². The number of carbonyl (C=O) groups excluding carboxylic acids is 2. The summed E-state index contributed by atoms with van der Waals surface area (Å²) in [6, 6.07) is 12.5. The lowest BCUT2D eigenvalue weighted by Crippen LogP contribution is -2.46. The fraction of sp³-hybridized carbons (Fsp3) is 0.278. The smallest absolute Gasteiger partial charge is 0.243 e. The summed E-state index contributed by atoms with van der Waals surface area (Å²) in [5.41, 5.74) is 8.08. The molecule has 0 aliphatic carbocycles. The number of hydrogen-bond acceptors (Lipinski definition) is 4. The molecule has 1 aromatic carbocycles. The second kappa shape index (κ2) is 8.21. The van der Waals surface area contributed by atoms with Crippen LogP contribution in [0, 0.1) is 5.92 Å². The van der Waals surface area contributed by atoms with E-state index in [0.29, 0.717) is 5.69 Å². The monoisotopic (exact) mass is 326 g/mol. The van der Waals surface area contributed by atoms with Crippen LogP contribution in [0.15, 0.2) is 48.7 Å². The lowest BCUT2D eigenvalue weighted by molar-refractivity contribution is -0.125. The Balaban J connectivity index is 1.94. The van der Waals surface area contributed by atoms with Crippen molar-refractivity contribution in [2.75, 3.05) is 11.9 Å². The fourth-order valence-electron chi connectivity index (χ4n) is 2.07. The molecular weight excluding hydrogens is 304 g/mol. The van der Waals surface area contributed by atoms with Crippen molar-refractivity contribution in [1.29, 1.82) is 0 Å². The van der Waals surface area contributed by atoms with E-state index in [4.69, 9.17) is 5.73 Å². The first kappa shape index (κ1) is 17.6. The number of pyridine rings is 1. The molecule has 6 nitrogen and oxygen atoms in total. The zero-order valence-electron chi connectivity index (χ0n) is 13.8. The quantitative estimate of drug-likeness (QED) is 0.754. The first-order valence-corrected chi connectivity index (χ1v) is 7.82. The summed E-state index contributed by atoms with van der Waals surface area (Å²) in [6.45, 7) is 3.58. The topological polar surface area (TPSA) is 97.1 Å². The van der Waals surface area contributed by atoms with Crippen molar-refractivity contribution in [2.45, 2.75) is 19.9 Å². The number of benzene rings is 1. The molecule has 0 fully saturated rings. The third kappa shape index (κ3) is 4.89. The van der Waals surface area contributed by atoms with Crippen LogP contribution < -0.4 is 16.4 Å². The molecule has 0 unspecified atom stereocenters. The van der Waals surface area contributed by atoms with Crippen LogP contribution in [0.1, 0.15) is 13.8 Å². The maximum atomic E-state index is 12.0. The van der Waals surface area contributed by atoms with E-state index in [-0.39, 0.29) is 24.3 Å². The van der Waals surface area contributed by atoms with Crippen LogP contribution in [-0.4, -0.2) is 29.4 Å². The first-order valence-electron chi connectivity index (χ1n) is 7.82. The van der Waals surface area contributed by atoms with E-state index in [0.717, 1.165) is 11.3 Å². The van der Waals surface area contributed by atoms with Crippen molar-refractivity contribution in [3.63, 3.8) is 0 Å². The predicted octanol–water partition coefficient (Wildman–Crippen LogP) is 1.79. The van der Waals surface area contributed by atoms with Crippen LogP contribution in [0.3, 0.4) is 0 Å². The molecule has 2 rings (SSSR count). The van der Waals surface area contributed by atoms with Gasteiger partial charge in [0.25, 0.3) is 0 Å². The van der Waals surface area contributed by atoms with Crippen LogP contribution in [0.25, 0.3) is 11.3 Å². The molecule has 2 aromatic rings. The van der Waals surface area contributed by atoms with Crippen molar-refractivity contribution in [3.8, 4) is 11.3 Å². The highest BCUT2D eigenvalue weighted by atomic mass is 16.2. The van der Waals surface area contributed by atoms with Crippen molar-refractivity contribution < 1.29 is 9.59 Å². The van der Waals surface area contributed by atoms with Gasteiger partial charge in [-0.25, -0.2) is 0 Å². The third-order valence-corrected chi connectivity index (χ3v) is 3.56. The summed E-state index contributed by atoms with van der Waals surface area (Å²) in [7, 11) is 0. The molecule has 126 valence electrons. The SMILES string of the molecule is CC(C)[C@H](N)C(=O)NCC(=O)Nc1ccnc(-c2ccccc2)c1. The largest absolute Gasteiger partial charge is 0.346 e. The summed E-state index contributed by atoms with van der Waals surface area (Å²) in [5.74, 6) is -0.633. The van der Waals surface area contributed by atoms with E-state index < -0.39 is 6.04 Å². The first-order chi connectivity index (χ1) is 11.5. The van der Waals surface area contributed by atoms with Crippen LogP contribution in [0.5, 0.6) is 0 Å². The number of nitrogens with one attached hydrogen (secondary N) is 2. The highest BCUT2D eigenvalue weighted by Gasteiger charge is 2.17. The van der Waals surface area contributed by atoms with Gasteiger partial charge in [-0.05, 0) is 18.1 Å². The molecule has 0 aliphatic heterocycles. The molecule has 0 saturated carbocycles. The lowest BCUT2D eigenvalue weighted by Gasteiger charge is -2.15. The van der Waals surface area contributed by atoms with Crippen LogP contribution >= 0.6 is 0 Å². The molecule has 24 heavy (non-hydrogen) atoms. The van der Waals surface area contributed by atoms with Crippen molar-refractivity contribution in [3.05, 3.63) is 48.7 Å². The van der Waals surface area contributed by atoms with Crippen LogP contribution in [0.4, 0.5) is 5.69 Å². The number of rotatable bonds is 6. The molecule has 0 radical (unpaired) electrons. The average Bonchev–Trinajstić information content (AvgIpc) is 2.60. The van der Waals surface area contributed by atoms with Gasteiger partial charge in [0.1, 0.15) is 0 Å². The highest BCUT2D eigenvalue weighted by molar-refractivity contribution is 5.95. The Morgan fingerprint density at radius 3 is 2.54 bits per heavy atom. The number of amides is 2. The van der Waals surface area contributed by atoms with Gasteiger partial charge < -0.3 is 16.4 Å². The zero-order chi connectivity index (χ0) is 17.5. The molecule has 0 saturated heterocycles. The van der Waals surface area contributed by atoms with Crippen LogP contribution in [-0.2, 0) is 9.59 Å². The van der Waals surface area contributed by atoms with Crippen LogP contribution in [0.2, 0.25) is 0 Å². The number of hydrogen-bond donors (Lipinski definition) is 3. The fourth-order valence-corrected chi connectivity index (χ4v) is 2.07. The van der Waals surface area contributed by atoms with Gasteiger partial charge in [-0.1, -0.05) is 44.2 Å². The molecule has 0 bridgehead atoms. The minimum Gasteiger partial charge on any atom is -0.346 e. The Kier molecular flexibility index (Phi) is 6.03. The summed E-state index contributed by atoms with van der Waals surface area (Å²) in [4.78, 5) is 28.0. The Labute approximate surface area is 141 Å². The minimum atomic E-state index is -0.622. The Morgan fingerprint density at radius 1 is 1.17 bits per heavy atom. The van der Waals surface area contributed by atoms with E-state index in [2.05, 4.69) is 15.6 Å². The summed E-state index contributed by atoms with van der Waals surface area (Å²) in [5, 5.41) is 5.28. The van der Waals surface area contributed by atoms with Gasteiger partial charge in [-0.15, -0.1) is 0 Å². The number of nitrogens with zero attached hydrogens (tertiary/aromatic N) is 1. The second-order valence-corrected chi connectivity index (χ2v) is 5.83. The van der Waals surface area contributed by atoms with E-state index in [9.17, 15) is 9.59 Å². The maximum absolute atomic E-state index is 12.0. The maximum Gasteiger partial charge on any atom is 0.243 e. The lowest BCUT2D eigenvalue weighted by atomic mass is 10.1. The molecule has 1 heterocycles. The van der Waals surface area contributed by atoms with Crippen molar-refractivity contribution in [1.82, 2.24) is 10.3 Å². The van der Waals surface area contributed by atoms with Crippen molar-refractivity contribution >= 4 is 17.5 Å². The van der Waals surface area contributed by atoms with Gasteiger partial charge in [0.2, 0.25) is 11.8 Å². The Hall–Kier alpha value is -2.73. The summed E-state index contributed by atoms with van der Waals surface area (Å²) < 4.78 is 0. The van der Waals surface area contributed by atoms with E-state index in [1.54, 1.807) is 18.3 Å². The molecule has 6 heteroatoms. The molecule has 1 atom stereocenters. The summed E-state index contributed by atoms with van der Waals surface area (Å²) in [6.07, 6.45) is 1.63. The minimum absolute atomic E-state index is 0.0155. The number of carbonyl (C=O) groups is 2.